The Kier molecular flexibility index (Phi) is 26.8. The third kappa shape index (κ3) is 21.2. The van der Waals surface area contributed by atoms with Crippen LogP contribution in [0.2, 0.25) is 0 Å². The molecule has 3 fully saturated rings. The van der Waals surface area contributed by atoms with Gasteiger partial charge in [0.15, 0.2) is 12.1 Å². The summed E-state index contributed by atoms with van der Waals surface area (Å²) in [4.78, 5) is 28.8. The van der Waals surface area contributed by atoms with Crippen molar-refractivity contribution in [3.63, 3.8) is 0 Å². The average molecular weight is 1040 g/mol. The number of nitrogens with two attached hydrogens (primary N) is 1. The number of aliphatic hydroxyl groups excluding tert-OH is 9. The van der Waals surface area contributed by atoms with Crippen molar-refractivity contribution in [3.05, 3.63) is 85.1 Å². The predicted octanol–water partition coefficient (Wildman–Crippen LogP) is 0.0755. The van der Waals surface area contributed by atoms with E-state index in [0.717, 1.165) is 0 Å². The number of hydrogen-bond donors (Lipinski definition) is 12. The van der Waals surface area contributed by atoms with Gasteiger partial charge in [0.2, 0.25) is 5.91 Å². The number of cyclic esters (lactones) is 1. The topological polar surface area (TPSA) is 324 Å². The number of nitrogens with zero attached hydrogens (tertiary/aromatic N) is 1. The molecule has 0 aliphatic carbocycles. The van der Waals surface area contributed by atoms with E-state index in [4.69, 9.17) is 29.4 Å². The Morgan fingerprint density at radius 3 is 1.95 bits per heavy atom. The zero-order valence-electron chi connectivity index (χ0n) is 42.7. The number of amides is 1. The second-order valence-electron chi connectivity index (χ2n) is 20.0. The Bertz CT molecular complexity index is 1860. The fourth-order valence-corrected chi connectivity index (χ4v) is 9.27. The Balaban J connectivity index is 1.59. The molecule has 19 unspecified atom stereocenters. The number of carbonyl (C=O) groups excluding carboxylic acids is 2. The van der Waals surface area contributed by atoms with Crippen molar-refractivity contribution in [2.24, 2.45) is 23.5 Å². The van der Waals surface area contributed by atoms with Gasteiger partial charge in [-0.1, -0.05) is 98.9 Å². The number of rotatable bonds is 6. The van der Waals surface area contributed by atoms with Crippen molar-refractivity contribution in [2.45, 2.75) is 177 Å². The summed E-state index contributed by atoms with van der Waals surface area (Å²) in [5.41, 5.74) is 6.13. The van der Waals surface area contributed by atoms with Gasteiger partial charge in [-0.25, -0.2) is 0 Å². The first-order valence-corrected chi connectivity index (χ1v) is 25.7. The second kappa shape index (κ2) is 31.5. The lowest BCUT2D eigenvalue weighted by molar-refractivity contribution is -0.307. The van der Waals surface area contributed by atoms with Crippen LogP contribution in [0.3, 0.4) is 0 Å². The Hall–Kier alpha value is -3.52. The van der Waals surface area contributed by atoms with Crippen LogP contribution in [0.1, 0.15) is 79.1 Å². The molecule has 0 aromatic carbocycles. The number of nitrogens with one attached hydrogen (secondary N) is 1. The summed E-state index contributed by atoms with van der Waals surface area (Å²) in [6.45, 7) is 10.0. The SMILES string of the molecule is CC1/C=C/C=C/C=C/C=C/C=C/C=C/C=C/C(OC2OC(C)C(O)C(N)C2O)CC2OC(O)(CC(O)CC(O)C(O)CCC(O)CC(O)CC(=O)OC(C)C(C)C1O)CC(O)C2C(=O)NCCN1CCOCC1. The summed E-state index contributed by atoms with van der Waals surface area (Å²) in [5.74, 6) is -5.57. The van der Waals surface area contributed by atoms with E-state index < -0.39 is 147 Å². The first kappa shape index (κ1) is 62.0. The smallest absolute Gasteiger partial charge is 0.308 e. The van der Waals surface area contributed by atoms with E-state index in [0.29, 0.717) is 32.8 Å². The first-order valence-electron chi connectivity index (χ1n) is 25.7. The maximum atomic E-state index is 14.0. The molecular weight excluding hydrogens is 951 g/mol. The van der Waals surface area contributed by atoms with E-state index in [2.05, 4.69) is 10.2 Å². The van der Waals surface area contributed by atoms with Gasteiger partial charge in [0.1, 0.15) is 12.2 Å². The molecule has 0 spiro atoms. The number of morpholine rings is 1. The summed E-state index contributed by atoms with van der Waals surface area (Å²) < 4.78 is 29.3. The van der Waals surface area contributed by atoms with E-state index in [1.54, 1.807) is 63.3 Å². The first-order chi connectivity index (χ1) is 34.7. The van der Waals surface area contributed by atoms with Crippen LogP contribution in [-0.4, -0.2) is 205 Å². The van der Waals surface area contributed by atoms with Crippen molar-refractivity contribution in [2.75, 3.05) is 39.4 Å². The Morgan fingerprint density at radius 2 is 1.32 bits per heavy atom. The number of hydrogen-bond acceptors (Lipinski definition) is 19. The normalized spacial score (nSPS) is 43.3. The number of esters is 1. The van der Waals surface area contributed by atoms with Crippen LogP contribution < -0.4 is 11.1 Å². The zero-order valence-corrected chi connectivity index (χ0v) is 42.7. The molecule has 1 amide bonds. The van der Waals surface area contributed by atoms with Gasteiger partial charge in [-0.2, -0.15) is 0 Å². The number of carbonyl (C=O) groups is 2. The number of ether oxygens (including phenoxy) is 5. The molecule has 3 saturated heterocycles. The van der Waals surface area contributed by atoms with Crippen LogP contribution in [0.15, 0.2) is 85.1 Å². The lowest BCUT2D eigenvalue weighted by Crippen LogP contribution is -2.62. The quantitative estimate of drug-likeness (QED) is 0.157. The summed E-state index contributed by atoms with van der Waals surface area (Å²) in [7, 11) is 0. The highest BCUT2D eigenvalue weighted by Crippen LogP contribution is 2.38. The third-order valence-electron chi connectivity index (χ3n) is 13.9. The lowest BCUT2D eigenvalue weighted by Gasteiger charge is -2.46. The van der Waals surface area contributed by atoms with Gasteiger partial charge in [-0.3, -0.25) is 14.5 Å². The molecule has 20 nitrogen and oxygen atoms in total. The van der Waals surface area contributed by atoms with Crippen molar-refractivity contribution >= 4 is 11.9 Å². The molecule has 73 heavy (non-hydrogen) atoms. The van der Waals surface area contributed by atoms with E-state index >= 15 is 0 Å². The molecule has 0 radical (unpaired) electrons. The fourth-order valence-electron chi connectivity index (χ4n) is 9.27. The van der Waals surface area contributed by atoms with E-state index in [9.17, 15) is 60.7 Å². The highest BCUT2D eigenvalue weighted by molar-refractivity contribution is 5.80. The van der Waals surface area contributed by atoms with Gasteiger partial charge in [0.05, 0.1) is 98.7 Å². The van der Waals surface area contributed by atoms with E-state index in [-0.39, 0.29) is 38.1 Å². The summed E-state index contributed by atoms with van der Waals surface area (Å²) in [6, 6.07) is -1.13. The van der Waals surface area contributed by atoms with Crippen molar-refractivity contribution in [3.8, 4) is 0 Å². The summed E-state index contributed by atoms with van der Waals surface area (Å²) in [5, 5.41) is 113. The maximum Gasteiger partial charge on any atom is 0.308 e. The highest BCUT2D eigenvalue weighted by atomic mass is 16.7. The number of allylic oxidation sites excluding steroid dienone is 12. The zero-order chi connectivity index (χ0) is 53.7. The molecule has 0 saturated carbocycles. The minimum absolute atomic E-state index is 0.0939. The van der Waals surface area contributed by atoms with Crippen molar-refractivity contribution in [1.82, 2.24) is 10.2 Å². The minimum atomic E-state index is -2.27. The molecule has 4 heterocycles. The molecule has 19 atom stereocenters. The van der Waals surface area contributed by atoms with Crippen LogP contribution in [0.4, 0.5) is 0 Å². The monoisotopic (exact) mass is 1040 g/mol. The number of fused-ring (bicyclic) bond motifs is 2. The van der Waals surface area contributed by atoms with Gasteiger partial charge < -0.3 is 85.8 Å². The van der Waals surface area contributed by atoms with Gasteiger partial charge in [0.25, 0.3) is 0 Å². The molecule has 0 aromatic heterocycles. The van der Waals surface area contributed by atoms with Gasteiger partial charge in [-0.05, 0) is 33.1 Å². The van der Waals surface area contributed by atoms with Gasteiger partial charge in [-0.15, -0.1) is 0 Å². The van der Waals surface area contributed by atoms with Crippen LogP contribution >= 0.6 is 0 Å². The van der Waals surface area contributed by atoms with Crippen LogP contribution in [0, 0.1) is 17.8 Å². The largest absolute Gasteiger partial charge is 0.462 e. The summed E-state index contributed by atoms with van der Waals surface area (Å²) in [6.07, 6.45) is 4.85. The van der Waals surface area contributed by atoms with Crippen molar-refractivity contribution in [1.29, 1.82) is 0 Å². The van der Waals surface area contributed by atoms with Crippen molar-refractivity contribution < 1.29 is 84.3 Å². The Morgan fingerprint density at radius 1 is 0.712 bits per heavy atom. The number of aliphatic hydroxyl groups is 10. The molecule has 0 aromatic rings. The maximum absolute atomic E-state index is 14.0. The van der Waals surface area contributed by atoms with Gasteiger partial charge >= 0.3 is 5.97 Å². The molecule has 20 heteroatoms. The summed E-state index contributed by atoms with van der Waals surface area (Å²) >= 11 is 0. The molecule has 4 aliphatic rings. The predicted molar refractivity (Wildman–Crippen MR) is 270 cm³/mol. The van der Waals surface area contributed by atoms with E-state index in [1.165, 1.54) is 0 Å². The Labute approximate surface area is 429 Å². The molecular formula is C53H85N3O17. The second-order valence-corrected chi connectivity index (χ2v) is 20.0. The standard InChI is InChI=1S/C53H85N3O17/c1-33-17-15-13-11-9-7-5-6-8-10-12-14-16-18-40(72-52-50(66)47(54)49(65)36(4)71-52)30-44-46(51(67)55-21-22-56-23-25-69-26-24-56)43(62)32-53(68,73-44)31-39(59)28-42(61)41(60)20-19-37(57)27-38(58)29-45(63)70-35(3)34(2)48(33)64/h5-18,33-44,46-50,52,57-62,64-66,68H,19-32,54H2,1-4H3,(H,55,67)/b6-5+,9-7+,10-8+,13-11+,14-12+,17-15+,18-16+. The fraction of sp³-hybridized carbons (Fsp3) is 0.698. The molecule has 414 valence electrons. The van der Waals surface area contributed by atoms with Crippen LogP contribution in [-0.2, 0) is 33.3 Å². The molecule has 4 aliphatic heterocycles. The minimum Gasteiger partial charge on any atom is -0.462 e. The molecule has 13 N–H and O–H groups in total. The highest BCUT2D eigenvalue weighted by Gasteiger charge is 2.51. The molecule has 2 bridgehead atoms. The van der Waals surface area contributed by atoms with Gasteiger partial charge in [0, 0.05) is 63.7 Å². The van der Waals surface area contributed by atoms with Crippen LogP contribution in [0.25, 0.3) is 0 Å². The molecule has 4 rings (SSSR count). The average Bonchev–Trinajstić information content (AvgIpc) is 3.33. The van der Waals surface area contributed by atoms with E-state index in [1.807, 2.05) is 49.5 Å². The lowest BCUT2D eigenvalue weighted by atomic mass is 9.82. The van der Waals surface area contributed by atoms with Crippen LogP contribution in [0.5, 0.6) is 0 Å². The third-order valence-corrected chi connectivity index (χ3v) is 13.9.